The molecule has 1 amide bonds. The molecule has 5 nitrogen and oxygen atoms in total. The minimum atomic E-state index is -0.754. The van der Waals surface area contributed by atoms with E-state index in [9.17, 15) is 14.7 Å². The number of hydrogen-bond acceptors (Lipinski definition) is 5. The first kappa shape index (κ1) is 23.1. The Hall–Kier alpha value is -3.09. The van der Waals surface area contributed by atoms with Gasteiger partial charge in [0, 0.05) is 21.2 Å². The van der Waals surface area contributed by atoms with E-state index in [0.717, 1.165) is 16.0 Å². The molecule has 4 rings (SSSR count). The van der Waals surface area contributed by atoms with Crippen molar-refractivity contribution in [1.29, 1.82) is 0 Å². The van der Waals surface area contributed by atoms with E-state index in [1.165, 1.54) is 16.2 Å². The third kappa shape index (κ3) is 4.28. The first-order chi connectivity index (χ1) is 15.7. The van der Waals surface area contributed by atoms with Crippen LogP contribution in [0.4, 0.5) is 5.69 Å². The zero-order chi connectivity index (χ0) is 23.9. The van der Waals surface area contributed by atoms with Crippen molar-refractivity contribution < 1.29 is 19.4 Å². The van der Waals surface area contributed by atoms with Gasteiger partial charge in [-0.15, -0.1) is 11.3 Å². The summed E-state index contributed by atoms with van der Waals surface area (Å²) in [6.07, 6.45) is 0.00799. The number of benzene rings is 2. The van der Waals surface area contributed by atoms with Crippen molar-refractivity contribution in [2.75, 3.05) is 4.90 Å². The lowest BCUT2D eigenvalue weighted by molar-refractivity contribution is -0.132. The molecule has 0 radical (unpaired) electrons. The van der Waals surface area contributed by atoms with Crippen LogP contribution in [0.15, 0.2) is 59.5 Å². The number of thiophene rings is 1. The number of aryl methyl sites for hydroxylation is 2. The molecule has 1 N–H and O–H groups in total. The molecule has 0 aliphatic carbocycles. The van der Waals surface area contributed by atoms with Crippen LogP contribution in [-0.4, -0.2) is 22.9 Å². The summed E-state index contributed by atoms with van der Waals surface area (Å²) in [5.41, 5.74) is 2.69. The van der Waals surface area contributed by atoms with E-state index < -0.39 is 17.7 Å². The Morgan fingerprint density at radius 1 is 1.09 bits per heavy atom. The molecule has 1 aliphatic rings. The standard InChI is InChI=1S/C26H24ClNO4S/c1-14(2)32-20-10-8-17(12-16(20)4)24(29)22-23(21-6-5-11-33-21)28(26(31)25(22)30)18-9-7-15(3)19(27)13-18/h5-14,23,29H,1-4H3/b24-22-. The molecule has 33 heavy (non-hydrogen) atoms. The van der Waals surface area contributed by atoms with Gasteiger partial charge in [-0.2, -0.15) is 0 Å². The van der Waals surface area contributed by atoms with Gasteiger partial charge in [0.15, 0.2) is 0 Å². The van der Waals surface area contributed by atoms with Crippen LogP contribution >= 0.6 is 22.9 Å². The van der Waals surface area contributed by atoms with Gasteiger partial charge in [0.1, 0.15) is 17.6 Å². The highest BCUT2D eigenvalue weighted by Gasteiger charge is 2.47. The zero-order valence-electron chi connectivity index (χ0n) is 18.8. The van der Waals surface area contributed by atoms with Crippen LogP contribution in [-0.2, 0) is 9.59 Å². The maximum absolute atomic E-state index is 13.2. The molecule has 1 atom stereocenters. The normalized spacial score (nSPS) is 17.8. The SMILES string of the molecule is Cc1ccc(N2C(=O)C(=O)/C(=C(\O)c3ccc(OC(C)C)c(C)c3)C2c2cccs2)cc1Cl. The Balaban J connectivity index is 1.86. The van der Waals surface area contributed by atoms with Gasteiger partial charge in [0.05, 0.1) is 11.7 Å². The second kappa shape index (κ2) is 9.04. The summed E-state index contributed by atoms with van der Waals surface area (Å²) in [5.74, 6) is -0.952. The number of nitrogens with zero attached hydrogens (tertiary/aromatic N) is 1. The number of ketones is 1. The summed E-state index contributed by atoms with van der Waals surface area (Å²) in [6, 6.07) is 13.4. The quantitative estimate of drug-likeness (QED) is 0.259. The zero-order valence-corrected chi connectivity index (χ0v) is 20.3. The van der Waals surface area contributed by atoms with Crippen molar-refractivity contribution in [1.82, 2.24) is 0 Å². The topological polar surface area (TPSA) is 66.8 Å². The van der Waals surface area contributed by atoms with E-state index >= 15 is 0 Å². The van der Waals surface area contributed by atoms with E-state index in [0.29, 0.717) is 22.0 Å². The molecular weight excluding hydrogens is 458 g/mol. The average molecular weight is 482 g/mol. The Bertz CT molecular complexity index is 1260. The first-order valence-corrected chi connectivity index (χ1v) is 11.8. The fraction of sp³-hybridized carbons (Fsp3) is 0.231. The van der Waals surface area contributed by atoms with Gasteiger partial charge in [0.2, 0.25) is 0 Å². The number of ether oxygens (including phenoxy) is 1. The van der Waals surface area contributed by atoms with Crippen LogP contribution in [0.2, 0.25) is 5.02 Å². The molecular formula is C26H24ClNO4S. The van der Waals surface area contributed by atoms with Crippen molar-refractivity contribution in [3.8, 4) is 5.75 Å². The van der Waals surface area contributed by atoms with Gasteiger partial charge < -0.3 is 9.84 Å². The largest absolute Gasteiger partial charge is 0.507 e. The van der Waals surface area contributed by atoms with E-state index in [1.54, 1.807) is 36.4 Å². The molecule has 1 fully saturated rings. The van der Waals surface area contributed by atoms with E-state index in [-0.39, 0.29) is 17.4 Å². The number of amides is 1. The van der Waals surface area contributed by atoms with Gasteiger partial charge in [-0.05, 0) is 80.6 Å². The fourth-order valence-corrected chi connectivity index (χ4v) is 4.88. The number of anilines is 1. The first-order valence-electron chi connectivity index (χ1n) is 10.6. The number of aliphatic hydroxyl groups is 1. The molecule has 2 heterocycles. The lowest BCUT2D eigenvalue weighted by atomic mass is 9.98. The summed E-state index contributed by atoms with van der Waals surface area (Å²) in [7, 11) is 0. The molecule has 1 unspecified atom stereocenters. The van der Waals surface area contributed by atoms with E-state index in [2.05, 4.69) is 0 Å². The molecule has 1 aromatic heterocycles. The smallest absolute Gasteiger partial charge is 0.300 e. The molecule has 0 bridgehead atoms. The van der Waals surface area contributed by atoms with Gasteiger partial charge in [-0.1, -0.05) is 23.7 Å². The number of carbonyl (C=O) groups is 2. The second-order valence-electron chi connectivity index (χ2n) is 8.26. The summed E-state index contributed by atoms with van der Waals surface area (Å²) < 4.78 is 5.78. The molecule has 0 spiro atoms. The molecule has 7 heteroatoms. The number of aliphatic hydroxyl groups excluding tert-OH is 1. The highest BCUT2D eigenvalue weighted by atomic mass is 35.5. The summed E-state index contributed by atoms with van der Waals surface area (Å²) in [5, 5.41) is 13.6. The summed E-state index contributed by atoms with van der Waals surface area (Å²) >= 11 is 7.73. The van der Waals surface area contributed by atoms with Crippen LogP contribution < -0.4 is 9.64 Å². The molecule has 2 aromatic carbocycles. The minimum absolute atomic E-state index is 0.00799. The van der Waals surface area contributed by atoms with Crippen LogP contribution in [0.1, 0.15) is 41.5 Å². The van der Waals surface area contributed by atoms with Gasteiger partial charge in [-0.25, -0.2) is 0 Å². The van der Waals surface area contributed by atoms with Crippen molar-refractivity contribution in [2.24, 2.45) is 0 Å². The Morgan fingerprint density at radius 3 is 2.45 bits per heavy atom. The number of hydrogen-bond donors (Lipinski definition) is 1. The predicted molar refractivity (Wildman–Crippen MR) is 132 cm³/mol. The van der Waals surface area contributed by atoms with Crippen LogP contribution in [0.5, 0.6) is 5.75 Å². The van der Waals surface area contributed by atoms with Crippen molar-refractivity contribution in [3.63, 3.8) is 0 Å². The maximum Gasteiger partial charge on any atom is 0.300 e. The minimum Gasteiger partial charge on any atom is -0.507 e. The monoisotopic (exact) mass is 481 g/mol. The predicted octanol–water partition coefficient (Wildman–Crippen LogP) is 6.43. The van der Waals surface area contributed by atoms with Gasteiger partial charge in [0.25, 0.3) is 11.7 Å². The van der Waals surface area contributed by atoms with Gasteiger partial charge in [-0.3, -0.25) is 14.5 Å². The highest BCUT2D eigenvalue weighted by Crippen LogP contribution is 2.44. The average Bonchev–Trinajstić information content (AvgIpc) is 3.38. The number of rotatable bonds is 5. The highest BCUT2D eigenvalue weighted by molar-refractivity contribution is 7.10. The Morgan fingerprint density at radius 2 is 1.85 bits per heavy atom. The lowest BCUT2D eigenvalue weighted by Gasteiger charge is -2.24. The fourth-order valence-electron chi connectivity index (χ4n) is 3.88. The number of halogens is 1. The molecule has 1 aliphatic heterocycles. The molecule has 3 aromatic rings. The van der Waals surface area contributed by atoms with Gasteiger partial charge >= 0.3 is 0 Å². The summed E-state index contributed by atoms with van der Waals surface area (Å²) in [6.45, 7) is 7.62. The lowest BCUT2D eigenvalue weighted by Crippen LogP contribution is -2.29. The summed E-state index contributed by atoms with van der Waals surface area (Å²) in [4.78, 5) is 28.5. The van der Waals surface area contributed by atoms with E-state index in [4.69, 9.17) is 16.3 Å². The maximum atomic E-state index is 13.2. The molecule has 170 valence electrons. The Kier molecular flexibility index (Phi) is 6.32. The van der Waals surface area contributed by atoms with Crippen molar-refractivity contribution in [3.05, 3.63) is 86.1 Å². The third-order valence-electron chi connectivity index (χ3n) is 5.50. The number of Topliss-reactive ketones (excluding diaryl/α,β-unsaturated/α-hetero) is 1. The van der Waals surface area contributed by atoms with Crippen LogP contribution in [0.25, 0.3) is 5.76 Å². The molecule has 1 saturated heterocycles. The third-order valence-corrected chi connectivity index (χ3v) is 6.83. The number of carbonyl (C=O) groups excluding carboxylic acids is 2. The Labute approximate surface area is 201 Å². The van der Waals surface area contributed by atoms with Crippen LogP contribution in [0.3, 0.4) is 0 Å². The van der Waals surface area contributed by atoms with Crippen molar-refractivity contribution in [2.45, 2.75) is 39.8 Å². The second-order valence-corrected chi connectivity index (χ2v) is 9.65. The van der Waals surface area contributed by atoms with Crippen molar-refractivity contribution >= 4 is 46.1 Å². The van der Waals surface area contributed by atoms with E-state index in [1.807, 2.05) is 45.2 Å². The molecule has 0 saturated carbocycles. The van der Waals surface area contributed by atoms with Crippen LogP contribution in [0, 0.1) is 13.8 Å².